The molecule has 0 radical (unpaired) electrons. The van der Waals surface area contributed by atoms with Gasteiger partial charge in [0.15, 0.2) is 25.2 Å². The van der Waals surface area contributed by atoms with Gasteiger partial charge < -0.3 is 125 Å². The minimum absolute atomic E-state index is 0.770. The highest BCUT2D eigenvalue weighted by Crippen LogP contribution is 2.33. The summed E-state index contributed by atoms with van der Waals surface area (Å²) in [6.45, 7) is -1.30. The lowest BCUT2D eigenvalue weighted by Gasteiger charge is -2.47. The van der Waals surface area contributed by atoms with E-state index in [0.717, 1.165) is 13.8 Å². The van der Waals surface area contributed by atoms with Crippen LogP contribution in [0.5, 0.6) is 0 Å². The molecule has 24 atom stereocenters. The predicted molar refractivity (Wildman–Crippen MR) is 191 cm³/mol. The molecule has 0 spiro atoms. The van der Waals surface area contributed by atoms with Gasteiger partial charge in [-0.3, -0.25) is 9.59 Å². The zero-order chi connectivity index (χ0) is 45.6. The van der Waals surface area contributed by atoms with Gasteiger partial charge in [-0.2, -0.15) is 0 Å². The number of aliphatic hydroxyl groups is 15. The Labute approximate surface area is 347 Å². The molecule has 61 heavy (non-hydrogen) atoms. The van der Waals surface area contributed by atoms with Gasteiger partial charge >= 0.3 is 0 Å². The van der Waals surface area contributed by atoms with Crippen LogP contribution in [0.25, 0.3) is 0 Å². The quantitative estimate of drug-likeness (QED) is 0.0607. The van der Waals surface area contributed by atoms with E-state index in [1.165, 1.54) is 6.92 Å². The summed E-state index contributed by atoms with van der Waals surface area (Å²) >= 11 is 0. The van der Waals surface area contributed by atoms with Gasteiger partial charge in [-0.05, 0) is 6.92 Å². The Hall–Kier alpha value is -1.98. The van der Waals surface area contributed by atoms with Crippen molar-refractivity contribution < 1.29 is 124 Å². The second kappa shape index (κ2) is 22.8. The van der Waals surface area contributed by atoms with E-state index in [1.54, 1.807) is 0 Å². The Balaban J connectivity index is 1.61. The molecule has 0 aromatic heterocycles. The Morgan fingerprint density at radius 1 is 0.590 bits per heavy atom. The van der Waals surface area contributed by atoms with Crippen molar-refractivity contribution in [2.24, 2.45) is 0 Å². The smallest absolute Gasteiger partial charge is 0.217 e. The summed E-state index contributed by atoms with van der Waals surface area (Å²) in [4.78, 5) is 24.3. The molecule has 4 fully saturated rings. The van der Waals surface area contributed by atoms with E-state index in [1.807, 2.05) is 0 Å². The van der Waals surface area contributed by atoms with Crippen LogP contribution >= 0.6 is 0 Å². The first kappa shape index (κ1) is 51.7. The molecule has 4 aliphatic rings. The highest BCUT2D eigenvalue weighted by molar-refractivity contribution is 5.73. The van der Waals surface area contributed by atoms with Crippen molar-refractivity contribution in [1.29, 1.82) is 0 Å². The summed E-state index contributed by atoms with van der Waals surface area (Å²) in [5.41, 5.74) is 0. The van der Waals surface area contributed by atoms with Crippen LogP contribution in [0.3, 0.4) is 0 Å². The average molecular weight is 897 g/mol. The van der Waals surface area contributed by atoms with Crippen molar-refractivity contribution in [3.63, 3.8) is 0 Å². The lowest BCUT2D eigenvalue weighted by Crippen LogP contribution is -2.68. The summed E-state index contributed by atoms with van der Waals surface area (Å²) in [6, 6.07) is -3.24. The zero-order valence-electron chi connectivity index (χ0n) is 33.2. The summed E-state index contributed by atoms with van der Waals surface area (Å²) in [6.07, 6.45) is -40.1. The van der Waals surface area contributed by atoms with Crippen molar-refractivity contribution in [2.75, 3.05) is 33.0 Å². The van der Waals surface area contributed by atoms with Gasteiger partial charge in [0.25, 0.3) is 0 Å². The molecule has 356 valence electrons. The van der Waals surface area contributed by atoms with Gasteiger partial charge in [0.2, 0.25) is 11.8 Å². The first-order valence-corrected chi connectivity index (χ1v) is 19.4. The number of amides is 2. The van der Waals surface area contributed by atoms with E-state index in [4.69, 9.17) is 37.9 Å². The fraction of sp³-hybridized carbons (Fsp3) is 0.941. The molecular formula is C34H60N2O25. The molecule has 27 nitrogen and oxygen atoms in total. The summed E-state index contributed by atoms with van der Waals surface area (Å²) in [7, 11) is 0. The molecule has 4 saturated heterocycles. The maximum atomic E-state index is 12.3. The van der Waals surface area contributed by atoms with Crippen LogP contribution in [0.2, 0.25) is 0 Å². The van der Waals surface area contributed by atoms with Gasteiger partial charge in [0, 0.05) is 13.8 Å². The summed E-state index contributed by atoms with van der Waals surface area (Å²) in [5.74, 6) is -1.55. The van der Waals surface area contributed by atoms with E-state index in [9.17, 15) is 86.2 Å². The van der Waals surface area contributed by atoms with Crippen LogP contribution in [-0.4, -0.2) is 269 Å². The van der Waals surface area contributed by atoms with Crippen molar-refractivity contribution in [3.8, 4) is 0 Å². The van der Waals surface area contributed by atoms with Gasteiger partial charge in [-0.25, -0.2) is 0 Å². The third kappa shape index (κ3) is 12.0. The van der Waals surface area contributed by atoms with Crippen molar-refractivity contribution in [3.05, 3.63) is 0 Å². The largest absolute Gasteiger partial charge is 0.394 e. The molecular weight excluding hydrogens is 836 g/mol. The summed E-state index contributed by atoms with van der Waals surface area (Å²) in [5, 5.41) is 163. The van der Waals surface area contributed by atoms with Gasteiger partial charge in [-0.1, -0.05) is 0 Å². The lowest BCUT2D eigenvalue weighted by molar-refractivity contribution is -0.376. The second-order valence-corrected chi connectivity index (χ2v) is 15.2. The van der Waals surface area contributed by atoms with Crippen molar-refractivity contribution in [2.45, 2.75) is 168 Å². The van der Waals surface area contributed by atoms with E-state index in [2.05, 4.69) is 10.6 Å². The molecule has 0 bridgehead atoms. The fourth-order valence-electron chi connectivity index (χ4n) is 7.26. The fourth-order valence-corrected chi connectivity index (χ4v) is 7.26. The average Bonchev–Trinajstić information content (AvgIpc) is 3.22. The van der Waals surface area contributed by atoms with E-state index >= 15 is 0 Å². The number of hydrogen-bond donors (Lipinski definition) is 17. The van der Waals surface area contributed by atoms with E-state index in [0.29, 0.717) is 0 Å². The van der Waals surface area contributed by atoms with Crippen molar-refractivity contribution in [1.82, 2.24) is 10.6 Å². The molecule has 0 unspecified atom stereocenters. The minimum atomic E-state index is -2.12. The molecule has 0 saturated carbocycles. The number of nitrogens with one attached hydrogen (secondary N) is 2. The molecule has 27 heteroatoms. The second-order valence-electron chi connectivity index (χ2n) is 15.2. The molecule has 4 aliphatic heterocycles. The van der Waals surface area contributed by atoms with Crippen LogP contribution < -0.4 is 10.6 Å². The van der Waals surface area contributed by atoms with E-state index < -0.39 is 192 Å². The van der Waals surface area contributed by atoms with E-state index in [-0.39, 0.29) is 0 Å². The minimum Gasteiger partial charge on any atom is -0.394 e. The number of ether oxygens (including phenoxy) is 8. The lowest BCUT2D eigenvalue weighted by atomic mass is 9.95. The van der Waals surface area contributed by atoms with Crippen LogP contribution in [-0.2, 0) is 47.5 Å². The normalized spacial score (nSPS) is 44.1. The van der Waals surface area contributed by atoms with Crippen LogP contribution in [0, 0.1) is 0 Å². The first-order valence-electron chi connectivity index (χ1n) is 19.4. The van der Waals surface area contributed by atoms with Crippen molar-refractivity contribution >= 4 is 11.8 Å². The van der Waals surface area contributed by atoms with Gasteiger partial charge in [0.05, 0.1) is 45.2 Å². The third-order valence-electron chi connectivity index (χ3n) is 10.7. The molecule has 4 heterocycles. The zero-order valence-corrected chi connectivity index (χ0v) is 33.2. The number of carbonyl (C=O) groups is 2. The Morgan fingerprint density at radius 2 is 1.10 bits per heavy atom. The SMILES string of the molecule is CC(=O)N[C@H]1[C@H](OC[C@@H](O)[C@H](O[C@@H]2O[C@H](CO)[C@H](O)[C@H](O)[C@H]2O[C@@H]2O[C@@H](C)[C@@H](O)[C@@H](O)[C@@H]2O)[C@H](O)[C@H](CO)NC(C)=O)O[C@H](CO)[C@@H](O[C@@H]2O[C@H](CO)[C@H](O)[C@H](O)[C@H]2O)[C@@H]1O. The summed E-state index contributed by atoms with van der Waals surface area (Å²) < 4.78 is 45.1. The molecule has 0 aliphatic carbocycles. The van der Waals surface area contributed by atoms with Crippen LogP contribution in [0.15, 0.2) is 0 Å². The molecule has 2 amide bonds. The monoisotopic (exact) mass is 896 g/mol. The van der Waals surface area contributed by atoms with Gasteiger partial charge in [0.1, 0.15) is 110 Å². The maximum Gasteiger partial charge on any atom is 0.217 e. The number of carbonyl (C=O) groups excluding carboxylic acids is 2. The Kier molecular flexibility index (Phi) is 19.3. The molecule has 4 rings (SSSR count). The standard InChI is InChI=1S/C34H60N2O25/c1-9-18(44)23(49)26(52)32(55-9)61-30-25(51)21(47)15(6-39)57-34(30)59-28(19(45)12(4-37)35-10(2)41)13(43)8-54-31-17(36-11(3)42)22(48)29(16(7-40)58-31)60-33-27(53)24(50)20(46)14(5-38)56-33/h9,12-34,37-40,43-53H,4-8H2,1-3H3,(H,35,41)(H,36,42)/t9-,12-,13+,14+,15+,16+,17+,18+,19+,20-,21-,22+,23+,24-,25-,26-,27+,28-,29+,30+,31+,32-,33-,34-/m0/s1. The molecule has 0 aromatic rings. The highest BCUT2D eigenvalue weighted by atomic mass is 16.8. The van der Waals surface area contributed by atoms with Gasteiger partial charge in [-0.15, -0.1) is 0 Å². The highest BCUT2D eigenvalue weighted by Gasteiger charge is 2.54. The van der Waals surface area contributed by atoms with Crippen LogP contribution in [0.1, 0.15) is 20.8 Å². The maximum absolute atomic E-state index is 12.3. The predicted octanol–water partition coefficient (Wildman–Crippen LogP) is -11.0. The topological polar surface area (TPSA) is 435 Å². The number of aliphatic hydroxyl groups excluding tert-OH is 15. The molecule has 17 N–H and O–H groups in total. The molecule has 0 aromatic carbocycles. The Morgan fingerprint density at radius 3 is 1.64 bits per heavy atom. The Bertz CT molecular complexity index is 1370. The third-order valence-corrected chi connectivity index (χ3v) is 10.7. The first-order chi connectivity index (χ1) is 28.7. The number of hydrogen-bond acceptors (Lipinski definition) is 25. The van der Waals surface area contributed by atoms with Crippen LogP contribution in [0.4, 0.5) is 0 Å². The number of rotatable bonds is 18.